The Balaban J connectivity index is 0.000000320. The molecule has 1 N–H and O–H groups in total. The molecule has 0 unspecified atom stereocenters. The molecular formula is C19H26N2O. The summed E-state index contributed by atoms with van der Waals surface area (Å²) in [5, 5.41) is 2.64. The van der Waals surface area contributed by atoms with Gasteiger partial charge in [-0.1, -0.05) is 50.7 Å². The maximum Gasteiger partial charge on any atom is 0.211 e. The molecule has 1 aliphatic rings. The number of rotatable bonds is 3. The van der Waals surface area contributed by atoms with Gasteiger partial charge in [-0.05, 0) is 36.8 Å². The molecule has 22 heavy (non-hydrogen) atoms. The van der Waals surface area contributed by atoms with Crippen molar-refractivity contribution in [2.45, 2.75) is 45.4 Å². The Kier molecular flexibility index (Phi) is 6.62. The van der Waals surface area contributed by atoms with E-state index in [4.69, 9.17) is 0 Å². The average Bonchev–Trinajstić information content (AvgIpc) is 2.60. The largest absolute Gasteiger partial charge is 0.329 e. The van der Waals surface area contributed by atoms with E-state index in [1.807, 2.05) is 43.3 Å². The highest BCUT2D eigenvalue weighted by Gasteiger charge is 2.03. The molecule has 1 saturated carbocycles. The van der Waals surface area contributed by atoms with Crippen LogP contribution in [-0.2, 0) is 4.79 Å². The predicted molar refractivity (Wildman–Crippen MR) is 93.9 cm³/mol. The van der Waals surface area contributed by atoms with E-state index in [0.717, 1.165) is 22.5 Å². The second-order valence-electron chi connectivity index (χ2n) is 5.63. The maximum absolute atomic E-state index is 10.4. The molecule has 0 radical (unpaired) electrons. The van der Waals surface area contributed by atoms with Gasteiger partial charge in [-0.25, -0.2) is 0 Å². The molecule has 3 heteroatoms. The monoisotopic (exact) mass is 298 g/mol. The van der Waals surface area contributed by atoms with Gasteiger partial charge in [-0.2, -0.15) is 0 Å². The molecule has 3 nitrogen and oxygen atoms in total. The summed E-state index contributed by atoms with van der Waals surface area (Å²) >= 11 is 0. The number of anilines is 1. The lowest BCUT2D eigenvalue weighted by Crippen LogP contribution is -1.95. The molecule has 1 heterocycles. The normalized spacial score (nSPS) is 13.7. The first-order valence-electron chi connectivity index (χ1n) is 8.03. The number of aryl methyl sites for hydroxylation is 1. The third-order valence-corrected chi connectivity index (χ3v) is 3.90. The molecule has 3 rings (SSSR count). The second kappa shape index (κ2) is 8.98. The van der Waals surface area contributed by atoms with E-state index in [1.54, 1.807) is 6.20 Å². The van der Waals surface area contributed by atoms with Gasteiger partial charge in [-0.15, -0.1) is 0 Å². The lowest BCUT2D eigenvalue weighted by Gasteiger charge is -2.07. The summed E-state index contributed by atoms with van der Waals surface area (Å²) in [6.07, 6.45) is 11.4. The van der Waals surface area contributed by atoms with Crippen LogP contribution < -0.4 is 5.32 Å². The Morgan fingerprint density at radius 1 is 1.05 bits per heavy atom. The fourth-order valence-corrected chi connectivity index (χ4v) is 2.64. The van der Waals surface area contributed by atoms with E-state index in [9.17, 15) is 4.79 Å². The minimum Gasteiger partial charge on any atom is -0.329 e. The van der Waals surface area contributed by atoms with Gasteiger partial charge < -0.3 is 5.32 Å². The van der Waals surface area contributed by atoms with Crippen LogP contribution in [0.15, 0.2) is 42.6 Å². The van der Waals surface area contributed by atoms with Crippen LogP contribution in [0.4, 0.5) is 5.69 Å². The highest BCUT2D eigenvalue weighted by atomic mass is 16.1. The van der Waals surface area contributed by atoms with Gasteiger partial charge in [0, 0.05) is 18.9 Å². The van der Waals surface area contributed by atoms with Crippen molar-refractivity contribution in [3.63, 3.8) is 0 Å². The minimum absolute atomic E-state index is 0. The zero-order chi connectivity index (χ0) is 15.6. The quantitative estimate of drug-likeness (QED) is 0.790. The Hall–Kier alpha value is -2.16. The van der Waals surface area contributed by atoms with Crippen LogP contribution in [0, 0.1) is 6.92 Å². The second-order valence-corrected chi connectivity index (χ2v) is 5.63. The lowest BCUT2D eigenvalue weighted by molar-refractivity contribution is -0.105. The first-order chi connectivity index (χ1) is 10.8. The molecule has 0 aliphatic heterocycles. The van der Waals surface area contributed by atoms with E-state index in [0.29, 0.717) is 6.41 Å². The van der Waals surface area contributed by atoms with Gasteiger partial charge in [-0.3, -0.25) is 9.78 Å². The van der Waals surface area contributed by atoms with Crippen molar-refractivity contribution in [1.82, 2.24) is 4.98 Å². The number of nitrogens with one attached hydrogen (secondary N) is 1. The highest BCUT2D eigenvalue weighted by Crippen LogP contribution is 2.24. The van der Waals surface area contributed by atoms with Gasteiger partial charge in [0.25, 0.3) is 0 Å². The lowest BCUT2D eigenvalue weighted by atomic mass is 10.0. The third kappa shape index (κ3) is 4.99. The van der Waals surface area contributed by atoms with E-state index in [2.05, 4.69) is 10.3 Å². The summed E-state index contributed by atoms with van der Waals surface area (Å²) in [5.41, 5.74) is 3.86. The number of hydrogen-bond acceptors (Lipinski definition) is 2. The summed E-state index contributed by atoms with van der Waals surface area (Å²) in [6, 6.07) is 11.5. The Morgan fingerprint density at radius 3 is 2.27 bits per heavy atom. The first-order valence-corrected chi connectivity index (χ1v) is 8.03. The summed E-state index contributed by atoms with van der Waals surface area (Å²) in [5.74, 6) is 0. The SMILES string of the molecule is C1CCCCC1.Cc1ccc(NC=O)cc1-c1ccccn1.[HH]. The summed E-state index contributed by atoms with van der Waals surface area (Å²) in [7, 11) is 0. The van der Waals surface area contributed by atoms with E-state index >= 15 is 0 Å². The molecule has 0 atom stereocenters. The molecule has 2 aromatic rings. The average molecular weight is 298 g/mol. The Bertz CT molecular complexity index is 572. The highest BCUT2D eigenvalue weighted by molar-refractivity contribution is 5.76. The molecule has 0 saturated heterocycles. The number of carbonyl (C=O) groups excluding carboxylic acids is 1. The number of pyridine rings is 1. The van der Waals surface area contributed by atoms with Crippen LogP contribution in [0.1, 0.15) is 45.5 Å². The van der Waals surface area contributed by atoms with Gasteiger partial charge >= 0.3 is 0 Å². The maximum atomic E-state index is 10.4. The summed E-state index contributed by atoms with van der Waals surface area (Å²) in [6.45, 7) is 2.02. The van der Waals surface area contributed by atoms with Crippen LogP contribution in [0.5, 0.6) is 0 Å². The molecular weight excluding hydrogens is 272 g/mol. The number of amides is 1. The standard InChI is InChI=1S/C13H12N2O.C6H12.H2/c1-10-5-6-11(15-9-16)8-12(10)13-4-2-3-7-14-13;1-2-4-6-5-3-1;/h2-9H,1H3,(H,15,16);1-6H2;1H. The first kappa shape index (κ1) is 16.2. The molecule has 1 aliphatic carbocycles. The van der Waals surface area contributed by atoms with Crippen molar-refractivity contribution in [3.05, 3.63) is 48.2 Å². The van der Waals surface area contributed by atoms with Crippen LogP contribution in [0.2, 0.25) is 0 Å². The van der Waals surface area contributed by atoms with Crippen molar-refractivity contribution in [2.24, 2.45) is 0 Å². The molecule has 1 aromatic carbocycles. The van der Waals surface area contributed by atoms with E-state index < -0.39 is 0 Å². The van der Waals surface area contributed by atoms with Crippen molar-refractivity contribution in [3.8, 4) is 11.3 Å². The topological polar surface area (TPSA) is 42.0 Å². The third-order valence-electron chi connectivity index (χ3n) is 3.90. The molecule has 1 fully saturated rings. The van der Waals surface area contributed by atoms with Crippen LogP contribution in [0.3, 0.4) is 0 Å². The predicted octanol–water partition coefficient (Wildman–Crippen LogP) is 5.21. The number of aromatic nitrogens is 1. The molecule has 0 bridgehead atoms. The smallest absolute Gasteiger partial charge is 0.211 e. The minimum atomic E-state index is 0. The van der Waals surface area contributed by atoms with E-state index in [1.165, 1.54) is 38.5 Å². The van der Waals surface area contributed by atoms with Crippen LogP contribution in [-0.4, -0.2) is 11.4 Å². The van der Waals surface area contributed by atoms with E-state index in [-0.39, 0.29) is 1.43 Å². The van der Waals surface area contributed by atoms with Crippen molar-refractivity contribution in [2.75, 3.05) is 5.32 Å². The summed E-state index contributed by atoms with van der Waals surface area (Å²) < 4.78 is 0. The Morgan fingerprint density at radius 2 is 1.73 bits per heavy atom. The summed E-state index contributed by atoms with van der Waals surface area (Å²) in [4.78, 5) is 14.7. The van der Waals surface area contributed by atoms with Gasteiger partial charge in [0.2, 0.25) is 6.41 Å². The number of hydrogen-bond donors (Lipinski definition) is 1. The molecule has 0 spiro atoms. The molecule has 118 valence electrons. The van der Waals surface area contributed by atoms with Crippen molar-refractivity contribution < 1.29 is 6.22 Å². The number of carbonyl (C=O) groups is 1. The molecule has 1 aromatic heterocycles. The fourth-order valence-electron chi connectivity index (χ4n) is 2.64. The Labute approximate surface area is 134 Å². The molecule has 1 amide bonds. The van der Waals surface area contributed by atoms with Crippen LogP contribution >= 0.6 is 0 Å². The van der Waals surface area contributed by atoms with Gasteiger partial charge in [0.1, 0.15) is 0 Å². The van der Waals surface area contributed by atoms with Gasteiger partial charge in [0.15, 0.2) is 0 Å². The zero-order valence-electron chi connectivity index (χ0n) is 13.2. The fraction of sp³-hybridized carbons (Fsp3) is 0.368. The zero-order valence-corrected chi connectivity index (χ0v) is 13.2. The van der Waals surface area contributed by atoms with Crippen molar-refractivity contribution in [1.29, 1.82) is 0 Å². The number of nitrogens with zero attached hydrogens (tertiary/aromatic N) is 1. The van der Waals surface area contributed by atoms with Gasteiger partial charge in [0.05, 0.1) is 5.69 Å². The van der Waals surface area contributed by atoms with Crippen LogP contribution in [0.25, 0.3) is 11.3 Å². The number of benzene rings is 1. The van der Waals surface area contributed by atoms with Crippen molar-refractivity contribution >= 4 is 12.1 Å².